The molecule has 0 saturated carbocycles. The molecule has 5 heteroatoms. The van der Waals surface area contributed by atoms with Crippen LogP contribution in [0.2, 0.25) is 5.02 Å². The molecule has 1 atom stereocenters. The van der Waals surface area contributed by atoms with Gasteiger partial charge in [0, 0.05) is 28.7 Å². The van der Waals surface area contributed by atoms with Gasteiger partial charge in [-0.1, -0.05) is 11.6 Å². The summed E-state index contributed by atoms with van der Waals surface area (Å²) in [5.41, 5.74) is 12.6. The van der Waals surface area contributed by atoms with Gasteiger partial charge >= 0.3 is 0 Å². The molecular weight excluding hydrogens is 226 g/mol. The molecule has 0 aliphatic heterocycles. The number of carbonyl (C=O) groups is 1. The second-order valence-electron chi connectivity index (χ2n) is 3.62. The van der Waals surface area contributed by atoms with Gasteiger partial charge in [-0.15, -0.1) is 0 Å². The van der Waals surface area contributed by atoms with Crippen molar-refractivity contribution in [3.8, 4) is 0 Å². The highest BCUT2D eigenvalue weighted by molar-refractivity contribution is 6.31. The van der Waals surface area contributed by atoms with E-state index in [0.29, 0.717) is 5.02 Å². The van der Waals surface area contributed by atoms with Crippen molar-refractivity contribution >= 4 is 28.4 Å². The van der Waals surface area contributed by atoms with Crippen molar-refractivity contribution in [3.05, 3.63) is 35.0 Å². The normalized spacial score (nSPS) is 12.9. The first-order valence-corrected chi connectivity index (χ1v) is 5.27. The molecule has 16 heavy (non-hydrogen) atoms. The van der Waals surface area contributed by atoms with E-state index in [1.807, 2.05) is 6.07 Å². The van der Waals surface area contributed by atoms with Crippen LogP contribution < -0.4 is 11.5 Å². The fourth-order valence-corrected chi connectivity index (χ4v) is 1.97. The predicted molar refractivity (Wildman–Crippen MR) is 64.3 cm³/mol. The lowest BCUT2D eigenvalue weighted by Crippen LogP contribution is -2.27. The van der Waals surface area contributed by atoms with Crippen LogP contribution in [0.1, 0.15) is 11.5 Å². The highest BCUT2D eigenvalue weighted by Crippen LogP contribution is 2.27. The molecule has 5 N–H and O–H groups in total. The lowest BCUT2D eigenvalue weighted by Gasteiger charge is -2.09. The summed E-state index contributed by atoms with van der Waals surface area (Å²) in [6, 6.07) is 5.44. The number of primary amides is 1. The molecule has 0 bridgehead atoms. The van der Waals surface area contributed by atoms with E-state index in [-0.39, 0.29) is 6.54 Å². The summed E-state index contributed by atoms with van der Waals surface area (Å²) < 4.78 is 0. The minimum atomic E-state index is -0.479. The summed E-state index contributed by atoms with van der Waals surface area (Å²) in [5, 5.41) is 1.51. The van der Waals surface area contributed by atoms with Gasteiger partial charge in [-0.25, -0.2) is 0 Å². The Morgan fingerprint density at radius 3 is 2.88 bits per heavy atom. The highest BCUT2D eigenvalue weighted by atomic mass is 35.5. The minimum absolute atomic E-state index is 0.189. The number of carbonyl (C=O) groups excluding carboxylic acids is 1. The van der Waals surface area contributed by atoms with Crippen molar-refractivity contribution < 1.29 is 4.79 Å². The van der Waals surface area contributed by atoms with Crippen molar-refractivity contribution in [2.45, 2.75) is 5.92 Å². The Balaban J connectivity index is 2.59. The Labute approximate surface area is 97.6 Å². The maximum atomic E-state index is 11.3. The number of hydrogen-bond donors (Lipinski definition) is 3. The number of nitrogens with two attached hydrogens (primary N) is 2. The van der Waals surface area contributed by atoms with Crippen molar-refractivity contribution in [1.29, 1.82) is 0 Å². The van der Waals surface area contributed by atoms with Crippen LogP contribution in [-0.2, 0) is 4.79 Å². The molecule has 1 heterocycles. The lowest BCUT2D eigenvalue weighted by atomic mass is 9.98. The van der Waals surface area contributed by atoms with E-state index in [9.17, 15) is 4.79 Å². The van der Waals surface area contributed by atoms with E-state index in [0.717, 1.165) is 16.5 Å². The fraction of sp³-hybridized carbons (Fsp3) is 0.182. The zero-order valence-electron chi connectivity index (χ0n) is 8.53. The van der Waals surface area contributed by atoms with Gasteiger partial charge in [0.25, 0.3) is 0 Å². The number of amides is 1. The second-order valence-corrected chi connectivity index (χ2v) is 4.06. The summed E-state index contributed by atoms with van der Waals surface area (Å²) in [4.78, 5) is 14.3. The van der Waals surface area contributed by atoms with Gasteiger partial charge < -0.3 is 16.5 Å². The molecule has 0 spiro atoms. The Morgan fingerprint density at radius 2 is 2.25 bits per heavy atom. The number of benzene rings is 1. The molecule has 4 nitrogen and oxygen atoms in total. The number of aromatic nitrogens is 1. The van der Waals surface area contributed by atoms with Gasteiger partial charge in [0.05, 0.1) is 5.92 Å². The molecule has 1 aromatic heterocycles. The van der Waals surface area contributed by atoms with Gasteiger partial charge in [-0.3, -0.25) is 4.79 Å². The third-order valence-electron chi connectivity index (χ3n) is 2.63. The molecule has 2 aromatic rings. The summed E-state index contributed by atoms with van der Waals surface area (Å²) in [6.07, 6.45) is 1.75. The molecule has 0 radical (unpaired) electrons. The van der Waals surface area contributed by atoms with Crippen LogP contribution in [0.5, 0.6) is 0 Å². The van der Waals surface area contributed by atoms with Crippen LogP contribution in [0.15, 0.2) is 24.4 Å². The SMILES string of the molecule is NCC(C(N)=O)c1c[nH]c2ccc(Cl)cc12. The number of nitrogens with one attached hydrogen (secondary N) is 1. The summed E-state index contributed by atoms with van der Waals surface area (Å²) in [5.74, 6) is -0.907. The van der Waals surface area contributed by atoms with Gasteiger partial charge in [0.15, 0.2) is 0 Å². The van der Waals surface area contributed by atoms with Crippen LogP contribution in [-0.4, -0.2) is 17.4 Å². The molecule has 0 aliphatic carbocycles. The van der Waals surface area contributed by atoms with Crippen LogP contribution in [0.3, 0.4) is 0 Å². The largest absolute Gasteiger partial charge is 0.369 e. The molecule has 84 valence electrons. The maximum Gasteiger partial charge on any atom is 0.226 e. The summed E-state index contributed by atoms with van der Waals surface area (Å²) >= 11 is 5.91. The molecule has 1 amide bonds. The van der Waals surface area contributed by atoms with Gasteiger partial charge in [-0.2, -0.15) is 0 Å². The van der Waals surface area contributed by atoms with E-state index in [1.54, 1.807) is 18.3 Å². The Kier molecular flexibility index (Phi) is 2.85. The van der Waals surface area contributed by atoms with Crippen LogP contribution >= 0.6 is 11.6 Å². The molecule has 0 fully saturated rings. The zero-order chi connectivity index (χ0) is 11.7. The molecular formula is C11H12ClN3O. The van der Waals surface area contributed by atoms with Crippen LogP contribution in [0, 0.1) is 0 Å². The third kappa shape index (κ3) is 1.77. The number of H-pyrrole nitrogens is 1. The van der Waals surface area contributed by atoms with Crippen molar-refractivity contribution in [1.82, 2.24) is 4.98 Å². The van der Waals surface area contributed by atoms with Gasteiger partial charge in [-0.05, 0) is 23.8 Å². The number of fused-ring (bicyclic) bond motifs is 1. The molecule has 2 rings (SSSR count). The van der Waals surface area contributed by atoms with E-state index in [2.05, 4.69) is 4.98 Å². The zero-order valence-corrected chi connectivity index (χ0v) is 9.29. The van der Waals surface area contributed by atoms with Crippen molar-refractivity contribution in [2.75, 3.05) is 6.54 Å². The van der Waals surface area contributed by atoms with E-state index in [4.69, 9.17) is 23.1 Å². The third-order valence-corrected chi connectivity index (χ3v) is 2.87. The Hall–Kier alpha value is -1.52. The number of hydrogen-bond acceptors (Lipinski definition) is 2. The lowest BCUT2D eigenvalue weighted by molar-refractivity contribution is -0.119. The van der Waals surface area contributed by atoms with Gasteiger partial charge in [0.2, 0.25) is 5.91 Å². The average Bonchev–Trinajstić information content (AvgIpc) is 2.62. The standard InChI is InChI=1S/C11H12ClN3O/c12-6-1-2-10-7(3-6)9(5-15-10)8(4-13)11(14)16/h1-3,5,8,15H,4,13H2,(H2,14,16). The van der Waals surface area contributed by atoms with Crippen molar-refractivity contribution in [2.24, 2.45) is 11.5 Å². The predicted octanol–water partition coefficient (Wildman–Crippen LogP) is 1.35. The van der Waals surface area contributed by atoms with Crippen molar-refractivity contribution in [3.63, 3.8) is 0 Å². The fourth-order valence-electron chi connectivity index (χ4n) is 1.80. The van der Waals surface area contributed by atoms with Gasteiger partial charge in [0.1, 0.15) is 0 Å². The summed E-state index contributed by atoms with van der Waals surface area (Å²) in [7, 11) is 0. The summed E-state index contributed by atoms with van der Waals surface area (Å²) in [6.45, 7) is 0.189. The van der Waals surface area contributed by atoms with E-state index < -0.39 is 11.8 Å². The highest BCUT2D eigenvalue weighted by Gasteiger charge is 2.19. The number of rotatable bonds is 3. The molecule has 0 saturated heterocycles. The van der Waals surface area contributed by atoms with E-state index in [1.165, 1.54) is 0 Å². The first-order chi connectivity index (χ1) is 7.63. The monoisotopic (exact) mass is 237 g/mol. The topological polar surface area (TPSA) is 84.9 Å². The molecule has 1 aromatic carbocycles. The number of aromatic amines is 1. The maximum absolute atomic E-state index is 11.3. The quantitative estimate of drug-likeness (QED) is 0.753. The smallest absolute Gasteiger partial charge is 0.226 e. The first kappa shape index (κ1) is 11.0. The van der Waals surface area contributed by atoms with Crippen LogP contribution in [0.4, 0.5) is 0 Å². The van der Waals surface area contributed by atoms with Crippen LogP contribution in [0.25, 0.3) is 10.9 Å². The average molecular weight is 238 g/mol. The first-order valence-electron chi connectivity index (χ1n) is 4.89. The van der Waals surface area contributed by atoms with E-state index >= 15 is 0 Å². The second kappa shape index (κ2) is 4.15. The molecule has 0 aliphatic rings. The Bertz CT molecular complexity index is 535. The number of halogens is 1. The molecule has 1 unspecified atom stereocenters. The Morgan fingerprint density at radius 1 is 1.50 bits per heavy atom. The minimum Gasteiger partial charge on any atom is -0.369 e.